The van der Waals surface area contributed by atoms with E-state index in [0.717, 1.165) is 38.5 Å². The van der Waals surface area contributed by atoms with Gasteiger partial charge in [-0.1, -0.05) is 167 Å². The molecule has 0 heterocycles. The quantitative estimate of drug-likeness (QED) is 0.0302. The van der Waals surface area contributed by atoms with Crippen LogP contribution in [-0.2, 0) is 18.4 Å². The molecule has 9 heteroatoms. The number of aliphatic hydroxyl groups is 1. The highest BCUT2D eigenvalue weighted by atomic mass is 31.2. The molecule has 0 saturated carbocycles. The Labute approximate surface area is 277 Å². The van der Waals surface area contributed by atoms with Crippen LogP contribution in [0, 0.1) is 0 Å². The predicted octanol–water partition coefficient (Wildman–Crippen LogP) is 9.66. The van der Waals surface area contributed by atoms with Gasteiger partial charge in [-0.2, -0.15) is 0 Å². The van der Waals surface area contributed by atoms with E-state index in [1.807, 2.05) is 6.08 Å². The van der Waals surface area contributed by atoms with Gasteiger partial charge in [-0.05, 0) is 19.3 Å². The van der Waals surface area contributed by atoms with Gasteiger partial charge in [-0.25, -0.2) is 4.57 Å². The standard InChI is InChI=1S/C36H73N2O6P/c1-3-5-7-9-11-13-14-15-16-17-18-19-20-22-24-26-28-30-36(40)38-34(33-44-45(41,42)43-32-31-37)35(39)29-27-25-23-21-12-10-8-6-4-2/h27,29,34-35,39H,3-26,28,30-33,37H2,1-2H3,(H,38,40)(H,41,42)/b29-27+. The van der Waals surface area contributed by atoms with Crippen LogP contribution in [0.3, 0.4) is 0 Å². The molecule has 3 unspecified atom stereocenters. The highest BCUT2D eigenvalue weighted by molar-refractivity contribution is 7.47. The molecule has 0 saturated heterocycles. The van der Waals surface area contributed by atoms with Crippen molar-refractivity contribution >= 4 is 13.7 Å². The maximum atomic E-state index is 12.7. The molecule has 0 aliphatic rings. The molecule has 0 rings (SSSR count). The second-order valence-corrected chi connectivity index (χ2v) is 14.2. The molecule has 268 valence electrons. The number of phosphoric ester groups is 1. The fourth-order valence-electron chi connectivity index (χ4n) is 5.48. The molecule has 45 heavy (non-hydrogen) atoms. The summed E-state index contributed by atoms with van der Waals surface area (Å²) in [5, 5.41) is 13.5. The Morgan fingerprint density at radius 1 is 0.711 bits per heavy atom. The van der Waals surface area contributed by atoms with E-state index in [-0.39, 0.29) is 25.7 Å². The third-order valence-corrected chi connectivity index (χ3v) is 9.35. The number of aliphatic hydroxyl groups excluding tert-OH is 1. The number of carbonyl (C=O) groups is 1. The molecule has 8 nitrogen and oxygen atoms in total. The number of hydrogen-bond acceptors (Lipinski definition) is 6. The Hall–Kier alpha value is -0.760. The SMILES string of the molecule is CCCCCCCCC/C=C/C(O)C(COP(=O)(O)OCCN)NC(=O)CCCCCCCCCCCCCCCCCCC. The largest absolute Gasteiger partial charge is 0.472 e. The maximum absolute atomic E-state index is 12.7. The Bertz CT molecular complexity index is 724. The van der Waals surface area contributed by atoms with Crippen LogP contribution in [0.2, 0.25) is 0 Å². The molecule has 5 N–H and O–H groups in total. The Balaban J connectivity index is 4.19. The van der Waals surface area contributed by atoms with E-state index in [0.29, 0.717) is 6.42 Å². The molecule has 0 aromatic carbocycles. The molecule has 0 aliphatic carbocycles. The van der Waals surface area contributed by atoms with Crippen molar-refractivity contribution in [1.82, 2.24) is 5.32 Å². The summed E-state index contributed by atoms with van der Waals surface area (Å²) in [6.45, 7) is 4.10. The van der Waals surface area contributed by atoms with E-state index in [9.17, 15) is 19.4 Å². The summed E-state index contributed by atoms with van der Waals surface area (Å²) in [6.07, 6.45) is 34.0. The van der Waals surface area contributed by atoms with Crippen LogP contribution in [0.25, 0.3) is 0 Å². The fourth-order valence-corrected chi connectivity index (χ4v) is 6.24. The first-order valence-corrected chi connectivity index (χ1v) is 20.3. The van der Waals surface area contributed by atoms with E-state index >= 15 is 0 Å². The molecule has 0 radical (unpaired) electrons. The highest BCUT2D eigenvalue weighted by Gasteiger charge is 2.26. The average molecular weight is 661 g/mol. The molecule has 0 aromatic rings. The van der Waals surface area contributed by atoms with Gasteiger partial charge in [0.25, 0.3) is 0 Å². The Morgan fingerprint density at radius 2 is 1.13 bits per heavy atom. The maximum Gasteiger partial charge on any atom is 0.472 e. The lowest BCUT2D eigenvalue weighted by Gasteiger charge is -2.23. The summed E-state index contributed by atoms with van der Waals surface area (Å²) in [7, 11) is -4.32. The molecule has 3 atom stereocenters. The number of unbranched alkanes of at least 4 members (excludes halogenated alkanes) is 23. The average Bonchev–Trinajstić information content (AvgIpc) is 3.02. The van der Waals surface area contributed by atoms with Crippen molar-refractivity contribution in [3.63, 3.8) is 0 Å². The normalized spacial score (nSPS) is 14.5. The van der Waals surface area contributed by atoms with E-state index < -0.39 is 20.0 Å². The van der Waals surface area contributed by atoms with Gasteiger partial charge >= 0.3 is 7.82 Å². The number of hydrogen-bond donors (Lipinski definition) is 4. The van der Waals surface area contributed by atoms with Crippen LogP contribution in [0.5, 0.6) is 0 Å². The molecule has 1 amide bonds. The third kappa shape index (κ3) is 31.6. The molecule has 0 aliphatic heterocycles. The van der Waals surface area contributed by atoms with Gasteiger partial charge in [0.2, 0.25) is 5.91 Å². The lowest BCUT2D eigenvalue weighted by atomic mass is 10.0. The first kappa shape index (κ1) is 44.2. The lowest BCUT2D eigenvalue weighted by molar-refractivity contribution is -0.123. The second kappa shape index (κ2) is 33.2. The molecule has 0 fully saturated rings. The topological polar surface area (TPSA) is 131 Å². The minimum absolute atomic E-state index is 0.0808. The van der Waals surface area contributed by atoms with Gasteiger partial charge < -0.3 is 21.1 Å². The number of phosphoric acid groups is 1. The number of rotatable bonds is 35. The van der Waals surface area contributed by atoms with Crippen molar-refractivity contribution in [1.29, 1.82) is 0 Å². The van der Waals surface area contributed by atoms with Crippen LogP contribution in [-0.4, -0.2) is 47.8 Å². The molecule has 0 bridgehead atoms. The van der Waals surface area contributed by atoms with Crippen LogP contribution in [0.15, 0.2) is 12.2 Å². The summed E-state index contributed by atoms with van der Waals surface area (Å²) in [4.78, 5) is 22.5. The van der Waals surface area contributed by atoms with E-state index in [1.54, 1.807) is 6.08 Å². The molecule has 0 spiro atoms. The van der Waals surface area contributed by atoms with Crippen LogP contribution in [0.1, 0.15) is 181 Å². The Kier molecular flexibility index (Phi) is 32.6. The second-order valence-electron chi connectivity index (χ2n) is 12.8. The summed E-state index contributed by atoms with van der Waals surface area (Å²) in [5.41, 5.74) is 5.34. The van der Waals surface area contributed by atoms with Crippen LogP contribution in [0.4, 0.5) is 0 Å². The van der Waals surface area contributed by atoms with Crippen molar-refractivity contribution in [2.24, 2.45) is 5.73 Å². The lowest BCUT2D eigenvalue weighted by Crippen LogP contribution is -2.45. The van der Waals surface area contributed by atoms with Crippen molar-refractivity contribution in [2.75, 3.05) is 19.8 Å². The number of amides is 1. The van der Waals surface area contributed by atoms with Crippen molar-refractivity contribution < 1.29 is 28.4 Å². The van der Waals surface area contributed by atoms with E-state index in [4.69, 9.17) is 14.8 Å². The summed E-state index contributed by atoms with van der Waals surface area (Å²) in [5.74, 6) is -0.195. The minimum Gasteiger partial charge on any atom is -0.387 e. The molecular formula is C36H73N2O6P. The summed E-state index contributed by atoms with van der Waals surface area (Å²) >= 11 is 0. The number of nitrogens with two attached hydrogens (primary N) is 1. The van der Waals surface area contributed by atoms with Crippen molar-refractivity contribution in [2.45, 2.75) is 193 Å². The zero-order valence-electron chi connectivity index (χ0n) is 29.4. The van der Waals surface area contributed by atoms with Gasteiger partial charge in [0, 0.05) is 13.0 Å². The van der Waals surface area contributed by atoms with Crippen molar-refractivity contribution in [3.05, 3.63) is 12.2 Å². The van der Waals surface area contributed by atoms with Gasteiger partial charge in [-0.15, -0.1) is 0 Å². The minimum atomic E-state index is -4.32. The highest BCUT2D eigenvalue weighted by Crippen LogP contribution is 2.43. The van der Waals surface area contributed by atoms with Gasteiger partial charge in [0.05, 0.1) is 25.4 Å². The predicted molar refractivity (Wildman–Crippen MR) is 189 cm³/mol. The third-order valence-electron chi connectivity index (χ3n) is 8.36. The monoisotopic (exact) mass is 661 g/mol. The number of carbonyl (C=O) groups excluding carboxylic acids is 1. The number of nitrogens with one attached hydrogen (secondary N) is 1. The Morgan fingerprint density at radius 3 is 1.58 bits per heavy atom. The first-order chi connectivity index (χ1) is 21.9. The molecular weight excluding hydrogens is 587 g/mol. The first-order valence-electron chi connectivity index (χ1n) is 18.8. The van der Waals surface area contributed by atoms with Gasteiger partial charge in [-0.3, -0.25) is 13.8 Å². The van der Waals surface area contributed by atoms with Crippen molar-refractivity contribution in [3.8, 4) is 0 Å². The van der Waals surface area contributed by atoms with E-state index in [2.05, 4.69) is 19.2 Å². The fraction of sp³-hybridized carbons (Fsp3) is 0.917. The van der Waals surface area contributed by atoms with Gasteiger partial charge in [0.1, 0.15) is 0 Å². The summed E-state index contributed by atoms with van der Waals surface area (Å²) < 4.78 is 22.0. The van der Waals surface area contributed by atoms with Gasteiger partial charge in [0.15, 0.2) is 0 Å². The molecule has 0 aromatic heterocycles. The van der Waals surface area contributed by atoms with E-state index in [1.165, 1.54) is 122 Å². The number of allylic oxidation sites excluding steroid dienone is 1. The summed E-state index contributed by atoms with van der Waals surface area (Å²) in [6, 6.07) is -0.851. The zero-order chi connectivity index (χ0) is 33.3. The zero-order valence-corrected chi connectivity index (χ0v) is 30.3. The van der Waals surface area contributed by atoms with Crippen LogP contribution >= 0.6 is 7.82 Å². The smallest absolute Gasteiger partial charge is 0.387 e. The van der Waals surface area contributed by atoms with Crippen LogP contribution < -0.4 is 11.1 Å².